The third kappa shape index (κ3) is 2.11. The molecule has 4 aromatic rings. The molecule has 0 unspecified atom stereocenters. The first kappa shape index (κ1) is 13.4. The second-order valence-corrected chi connectivity index (χ2v) is 6.10. The van der Waals surface area contributed by atoms with E-state index < -0.39 is 0 Å². The Morgan fingerprint density at radius 3 is 2.71 bits per heavy atom. The number of piperazine rings is 1. The molecule has 0 amide bonds. The summed E-state index contributed by atoms with van der Waals surface area (Å²) in [6, 6.07) is 12.6. The number of aromatic amines is 1. The summed E-state index contributed by atoms with van der Waals surface area (Å²) in [4.78, 5) is 17.1. The number of aromatic nitrogens is 4. The summed E-state index contributed by atoms with van der Waals surface area (Å²) in [5.41, 5.74) is 1.95. The maximum Gasteiger partial charge on any atom is 0.139 e. The van der Waals surface area contributed by atoms with E-state index in [1.807, 2.05) is 24.7 Å². The molecule has 0 aromatic carbocycles. The van der Waals surface area contributed by atoms with E-state index in [0.717, 1.165) is 48.7 Å². The van der Waals surface area contributed by atoms with Crippen molar-refractivity contribution in [3.63, 3.8) is 0 Å². The van der Waals surface area contributed by atoms with E-state index in [1.165, 1.54) is 5.82 Å². The van der Waals surface area contributed by atoms with Crippen molar-refractivity contribution in [3.05, 3.63) is 55.0 Å². The molecule has 6 heteroatoms. The quantitative estimate of drug-likeness (QED) is 0.617. The fraction of sp³-hybridized carbons (Fsp3) is 0.222. The van der Waals surface area contributed by atoms with Crippen LogP contribution in [0.15, 0.2) is 55.0 Å². The van der Waals surface area contributed by atoms with E-state index in [2.05, 4.69) is 54.5 Å². The predicted octanol–water partition coefficient (Wildman–Crippen LogP) is 2.54. The zero-order valence-corrected chi connectivity index (χ0v) is 13.3. The summed E-state index contributed by atoms with van der Waals surface area (Å²) >= 11 is 0. The van der Waals surface area contributed by atoms with Gasteiger partial charge in [0.25, 0.3) is 0 Å². The van der Waals surface area contributed by atoms with Crippen LogP contribution >= 0.6 is 0 Å². The maximum atomic E-state index is 4.73. The Morgan fingerprint density at radius 2 is 1.79 bits per heavy atom. The molecule has 5 rings (SSSR count). The summed E-state index contributed by atoms with van der Waals surface area (Å²) in [7, 11) is 0. The number of rotatable bonds is 2. The molecule has 5 heterocycles. The molecule has 0 bridgehead atoms. The fourth-order valence-electron chi connectivity index (χ4n) is 3.45. The Balaban J connectivity index is 1.38. The van der Waals surface area contributed by atoms with Crippen LogP contribution in [-0.2, 0) is 0 Å². The lowest BCUT2D eigenvalue weighted by molar-refractivity contribution is 0.640. The minimum absolute atomic E-state index is 0.957. The van der Waals surface area contributed by atoms with Crippen molar-refractivity contribution in [3.8, 4) is 0 Å². The second kappa shape index (κ2) is 5.26. The molecule has 120 valence electrons. The molecular formula is C18H18N6. The van der Waals surface area contributed by atoms with E-state index in [0.29, 0.717) is 0 Å². The van der Waals surface area contributed by atoms with Crippen LogP contribution in [0.5, 0.6) is 0 Å². The van der Waals surface area contributed by atoms with Crippen molar-refractivity contribution < 1.29 is 0 Å². The van der Waals surface area contributed by atoms with Crippen molar-refractivity contribution in [2.75, 3.05) is 36.0 Å². The van der Waals surface area contributed by atoms with Gasteiger partial charge in [-0.05, 0) is 30.3 Å². The highest BCUT2D eigenvalue weighted by Crippen LogP contribution is 2.22. The maximum absolute atomic E-state index is 4.73. The number of nitrogens with one attached hydrogen (secondary N) is 1. The van der Waals surface area contributed by atoms with Gasteiger partial charge in [0.05, 0.1) is 0 Å². The van der Waals surface area contributed by atoms with Crippen LogP contribution in [0.1, 0.15) is 0 Å². The van der Waals surface area contributed by atoms with Crippen molar-refractivity contribution in [1.82, 2.24) is 19.4 Å². The van der Waals surface area contributed by atoms with Crippen LogP contribution < -0.4 is 9.80 Å². The third-order valence-electron chi connectivity index (χ3n) is 4.73. The van der Waals surface area contributed by atoms with Gasteiger partial charge in [-0.15, -0.1) is 0 Å². The van der Waals surface area contributed by atoms with Crippen LogP contribution in [0.2, 0.25) is 0 Å². The number of fused-ring (bicyclic) bond motifs is 2. The highest BCUT2D eigenvalue weighted by Gasteiger charge is 2.20. The molecule has 0 aliphatic carbocycles. The molecule has 0 radical (unpaired) electrons. The zero-order valence-electron chi connectivity index (χ0n) is 13.3. The summed E-state index contributed by atoms with van der Waals surface area (Å²) < 4.78 is 2.15. The van der Waals surface area contributed by atoms with Gasteiger partial charge in [-0.3, -0.25) is 4.40 Å². The highest BCUT2D eigenvalue weighted by molar-refractivity contribution is 5.77. The minimum Gasteiger partial charge on any atom is -0.354 e. The molecule has 1 N–H and O–H groups in total. The molecule has 1 saturated heterocycles. The summed E-state index contributed by atoms with van der Waals surface area (Å²) in [6.07, 6.45) is 5.81. The van der Waals surface area contributed by atoms with Gasteiger partial charge in [0.1, 0.15) is 22.9 Å². The van der Waals surface area contributed by atoms with Gasteiger partial charge in [0.2, 0.25) is 0 Å². The van der Waals surface area contributed by atoms with Crippen molar-refractivity contribution in [2.45, 2.75) is 0 Å². The first-order valence-corrected chi connectivity index (χ1v) is 8.25. The number of nitrogens with zero attached hydrogens (tertiary/aromatic N) is 5. The highest BCUT2D eigenvalue weighted by atomic mass is 15.3. The molecule has 0 spiro atoms. The van der Waals surface area contributed by atoms with Gasteiger partial charge in [-0.2, -0.15) is 0 Å². The number of H-pyrrole nitrogens is 1. The van der Waals surface area contributed by atoms with Crippen molar-refractivity contribution in [2.24, 2.45) is 0 Å². The largest absolute Gasteiger partial charge is 0.354 e. The minimum atomic E-state index is 0.957. The Labute approximate surface area is 139 Å². The van der Waals surface area contributed by atoms with Crippen LogP contribution in [0, 0.1) is 0 Å². The molecule has 4 aromatic heterocycles. The number of hydrogen-bond donors (Lipinski definition) is 1. The van der Waals surface area contributed by atoms with Crippen LogP contribution in [0.25, 0.3) is 16.7 Å². The van der Waals surface area contributed by atoms with E-state index in [9.17, 15) is 0 Å². The average Bonchev–Trinajstić information content (AvgIpc) is 3.30. The van der Waals surface area contributed by atoms with E-state index in [4.69, 9.17) is 4.98 Å². The molecule has 0 saturated carbocycles. The molecule has 24 heavy (non-hydrogen) atoms. The van der Waals surface area contributed by atoms with Crippen LogP contribution in [-0.4, -0.2) is 45.5 Å². The Morgan fingerprint density at radius 1 is 0.917 bits per heavy atom. The van der Waals surface area contributed by atoms with Gasteiger partial charge >= 0.3 is 0 Å². The lowest BCUT2D eigenvalue weighted by atomic mass is 10.2. The van der Waals surface area contributed by atoms with Gasteiger partial charge in [-0.25, -0.2) is 9.97 Å². The zero-order chi connectivity index (χ0) is 15.9. The first-order chi connectivity index (χ1) is 11.9. The van der Waals surface area contributed by atoms with E-state index in [-0.39, 0.29) is 0 Å². The van der Waals surface area contributed by atoms with E-state index in [1.54, 1.807) is 0 Å². The lowest BCUT2D eigenvalue weighted by Gasteiger charge is -2.36. The first-order valence-electron chi connectivity index (χ1n) is 8.25. The van der Waals surface area contributed by atoms with Gasteiger partial charge < -0.3 is 14.8 Å². The lowest BCUT2D eigenvalue weighted by Crippen LogP contribution is -2.47. The summed E-state index contributed by atoms with van der Waals surface area (Å²) in [5, 5.41) is 1.16. The molecule has 1 aliphatic heterocycles. The topological polar surface area (TPSA) is 52.5 Å². The normalized spacial score (nSPS) is 15.5. The van der Waals surface area contributed by atoms with Crippen LogP contribution in [0.3, 0.4) is 0 Å². The Bertz CT molecular complexity index is 993. The molecule has 1 aliphatic rings. The van der Waals surface area contributed by atoms with Gasteiger partial charge in [-0.1, -0.05) is 6.07 Å². The monoisotopic (exact) mass is 318 g/mol. The molecular weight excluding hydrogens is 300 g/mol. The molecule has 0 atom stereocenters. The SMILES string of the molecule is c1cc(N2CCN(c3ccc4cc[nH]c4n3)CC2)n2ccnc2c1. The smallest absolute Gasteiger partial charge is 0.139 e. The standard InChI is InChI=1S/C18H18N6/c1-2-15-19-8-9-24(15)17(3-1)23-12-10-22(11-13-23)16-5-4-14-6-7-20-18(14)21-16/h1-9H,10-13H2,(H,20,21). The van der Waals surface area contributed by atoms with Crippen molar-refractivity contribution in [1.29, 1.82) is 0 Å². The fourth-order valence-corrected chi connectivity index (χ4v) is 3.45. The molecule has 1 fully saturated rings. The number of pyridine rings is 2. The number of anilines is 2. The summed E-state index contributed by atoms with van der Waals surface area (Å²) in [6.45, 7) is 3.87. The second-order valence-electron chi connectivity index (χ2n) is 6.10. The number of imidazole rings is 1. The predicted molar refractivity (Wildman–Crippen MR) is 95.7 cm³/mol. The van der Waals surface area contributed by atoms with Gasteiger partial charge in [0.15, 0.2) is 0 Å². The Hall–Kier alpha value is -3.02. The van der Waals surface area contributed by atoms with Crippen LogP contribution in [0.4, 0.5) is 11.6 Å². The van der Waals surface area contributed by atoms with Crippen molar-refractivity contribution >= 4 is 28.3 Å². The summed E-state index contributed by atoms with van der Waals surface area (Å²) in [5.74, 6) is 2.25. The Kier molecular flexibility index (Phi) is 2.94. The van der Waals surface area contributed by atoms with E-state index >= 15 is 0 Å². The average molecular weight is 318 g/mol. The molecule has 6 nitrogen and oxygen atoms in total. The van der Waals surface area contributed by atoms with Gasteiger partial charge in [0, 0.05) is 50.2 Å². The third-order valence-corrected chi connectivity index (χ3v) is 4.73. The number of hydrogen-bond acceptors (Lipinski definition) is 4.